The molecule has 9 heteroatoms. The number of aromatic nitrogens is 2. The fourth-order valence-electron chi connectivity index (χ4n) is 1.54. The summed E-state index contributed by atoms with van der Waals surface area (Å²) in [6.07, 6.45) is -1.21. The van der Waals surface area contributed by atoms with Crippen molar-refractivity contribution in [2.45, 2.75) is 13.5 Å². The van der Waals surface area contributed by atoms with Crippen LogP contribution in [0.3, 0.4) is 0 Å². The number of hydrogen-bond donors (Lipinski definition) is 2. The number of aryl methyl sites for hydroxylation is 1. The van der Waals surface area contributed by atoms with Gasteiger partial charge >= 0.3 is 6.09 Å². The average molecular weight is 278 g/mol. The molecule has 1 amide bonds. The Morgan fingerprint density at radius 1 is 1.55 bits per heavy atom. The molecule has 0 saturated heterocycles. The molecular formula is C11H10N4O5. The Kier molecular flexibility index (Phi) is 3.60. The van der Waals surface area contributed by atoms with Crippen molar-refractivity contribution in [3.8, 4) is 11.4 Å². The first-order valence-electron chi connectivity index (χ1n) is 5.52. The van der Waals surface area contributed by atoms with Gasteiger partial charge < -0.3 is 14.9 Å². The molecule has 0 aliphatic heterocycles. The van der Waals surface area contributed by atoms with E-state index in [2.05, 4.69) is 15.5 Å². The van der Waals surface area contributed by atoms with Gasteiger partial charge in [0.2, 0.25) is 11.7 Å². The number of rotatable bonds is 4. The third-order valence-corrected chi connectivity index (χ3v) is 2.52. The molecule has 0 bridgehead atoms. The van der Waals surface area contributed by atoms with Crippen LogP contribution >= 0.6 is 0 Å². The summed E-state index contributed by atoms with van der Waals surface area (Å²) in [5, 5.41) is 25.0. The summed E-state index contributed by atoms with van der Waals surface area (Å²) in [5.74, 6) is 0.237. The molecule has 2 aromatic rings. The second-order valence-electron chi connectivity index (χ2n) is 3.93. The average Bonchev–Trinajstić information content (AvgIpc) is 2.85. The molecule has 9 nitrogen and oxygen atoms in total. The minimum Gasteiger partial charge on any atom is -0.465 e. The molecule has 0 fully saturated rings. The Morgan fingerprint density at radius 3 is 2.95 bits per heavy atom. The van der Waals surface area contributed by atoms with Crippen LogP contribution in [-0.4, -0.2) is 26.3 Å². The summed E-state index contributed by atoms with van der Waals surface area (Å²) >= 11 is 0. The maximum Gasteiger partial charge on any atom is 0.405 e. The summed E-state index contributed by atoms with van der Waals surface area (Å²) in [7, 11) is 0. The van der Waals surface area contributed by atoms with E-state index >= 15 is 0 Å². The largest absolute Gasteiger partial charge is 0.465 e. The zero-order valence-electron chi connectivity index (χ0n) is 10.4. The molecule has 2 N–H and O–H groups in total. The Balaban J connectivity index is 2.26. The Bertz CT molecular complexity index is 667. The number of amides is 1. The summed E-state index contributed by atoms with van der Waals surface area (Å²) in [4.78, 5) is 24.6. The molecule has 1 aromatic heterocycles. The van der Waals surface area contributed by atoms with Crippen molar-refractivity contribution in [2.75, 3.05) is 0 Å². The SMILES string of the molecule is Cc1ccc(-c2noc(CNC(=O)O)n2)cc1[N+](=O)[O-]. The number of nitrogens with zero attached hydrogens (tertiary/aromatic N) is 3. The quantitative estimate of drug-likeness (QED) is 0.642. The normalized spacial score (nSPS) is 10.2. The van der Waals surface area contributed by atoms with Crippen molar-refractivity contribution in [3.05, 3.63) is 39.8 Å². The number of benzene rings is 1. The minimum atomic E-state index is -1.21. The molecule has 0 aliphatic rings. The van der Waals surface area contributed by atoms with Gasteiger partial charge in [0.1, 0.15) is 6.54 Å². The van der Waals surface area contributed by atoms with Crippen molar-refractivity contribution in [1.29, 1.82) is 0 Å². The molecule has 1 heterocycles. The zero-order chi connectivity index (χ0) is 14.7. The third-order valence-electron chi connectivity index (χ3n) is 2.52. The number of carboxylic acid groups (broad SMARTS) is 1. The second kappa shape index (κ2) is 5.34. The smallest absolute Gasteiger partial charge is 0.405 e. The Hall–Kier alpha value is -2.97. The first-order chi connectivity index (χ1) is 9.47. The van der Waals surface area contributed by atoms with Crippen LogP contribution < -0.4 is 5.32 Å². The third kappa shape index (κ3) is 2.88. The molecule has 0 aliphatic carbocycles. The van der Waals surface area contributed by atoms with Crippen LogP contribution in [0.2, 0.25) is 0 Å². The lowest BCUT2D eigenvalue weighted by atomic mass is 10.1. The van der Waals surface area contributed by atoms with Crippen LogP contribution in [0.5, 0.6) is 0 Å². The molecule has 2 rings (SSSR count). The molecular weight excluding hydrogens is 268 g/mol. The summed E-state index contributed by atoms with van der Waals surface area (Å²) in [6.45, 7) is 1.50. The predicted molar refractivity (Wildman–Crippen MR) is 66.0 cm³/mol. The van der Waals surface area contributed by atoms with Gasteiger partial charge in [-0.05, 0) is 6.92 Å². The molecule has 0 spiro atoms. The van der Waals surface area contributed by atoms with Gasteiger partial charge in [-0.2, -0.15) is 4.98 Å². The number of carbonyl (C=O) groups is 1. The van der Waals surface area contributed by atoms with Crippen LogP contribution in [0, 0.1) is 17.0 Å². The second-order valence-corrected chi connectivity index (χ2v) is 3.93. The highest BCUT2D eigenvalue weighted by molar-refractivity contribution is 5.64. The van der Waals surface area contributed by atoms with Gasteiger partial charge in [-0.3, -0.25) is 10.1 Å². The first-order valence-corrected chi connectivity index (χ1v) is 5.52. The lowest BCUT2D eigenvalue weighted by Gasteiger charge is -1.98. The maximum absolute atomic E-state index is 10.9. The maximum atomic E-state index is 10.9. The first kappa shape index (κ1) is 13.5. The monoisotopic (exact) mass is 278 g/mol. The molecule has 20 heavy (non-hydrogen) atoms. The minimum absolute atomic E-state index is 0.0440. The number of nitrogens with one attached hydrogen (secondary N) is 1. The summed E-state index contributed by atoms with van der Waals surface area (Å²) in [5.41, 5.74) is 0.903. The van der Waals surface area contributed by atoms with Crippen LogP contribution in [0.4, 0.5) is 10.5 Å². The van der Waals surface area contributed by atoms with Gasteiger partial charge in [-0.15, -0.1) is 0 Å². The highest BCUT2D eigenvalue weighted by atomic mass is 16.6. The van der Waals surface area contributed by atoms with Crippen LogP contribution in [0.25, 0.3) is 11.4 Å². The molecule has 104 valence electrons. The van der Waals surface area contributed by atoms with E-state index in [4.69, 9.17) is 9.63 Å². The van der Waals surface area contributed by atoms with E-state index < -0.39 is 11.0 Å². The Labute approximate surface area is 112 Å². The fraction of sp³-hybridized carbons (Fsp3) is 0.182. The van der Waals surface area contributed by atoms with Gasteiger partial charge in [0.15, 0.2) is 0 Å². The van der Waals surface area contributed by atoms with Gasteiger partial charge in [0.05, 0.1) is 4.92 Å². The summed E-state index contributed by atoms with van der Waals surface area (Å²) in [6, 6.07) is 4.55. The van der Waals surface area contributed by atoms with Crippen molar-refractivity contribution < 1.29 is 19.3 Å². The molecule has 0 unspecified atom stereocenters. The molecule has 0 atom stereocenters. The van der Waals surface area contributed by atoms with E-state index in [1.165, 1.54) is 6.07 Å². The van der Waals surface area contributed by atoms with Gasteiger partial charge in [0.25, 0.3) is 5.69 Å². The molecule has 0 radical (unpaired) electrons. The lowest BCUT2D eigenvalue weighted by Crippen LogP contribution is -2.20. The predicted octanol–water partition coefficient (Wildman–Crippen LogP) is 1.72. The van der Waals surface area contributed by atoms with Crippen LogP contribution in [-0.2, 0) is 6.54 Å². The van der Waals surface area contributed by atoms with E-state index in [1.807, 2.05) is 0 Å². The molecule has 1 aromatic carbocycles. The van der Waals surface area contributed by atoms with E-state index in [9.17, 15) is 14.9 Å². The number of nitro groups is 1. The van der Waals surface area contributed by atoms with Crippen LogP contribution in [0.15, 0.2) is 22.7 Å². The highest BCUT2D eigenvalue weighted by Gasteiger charge is 2.15. The number of hydrogen-bond acceptors (Lipinski definition) is 6. The van der Waals surface area contributed by atoms with Crippen molar-refractivity contribution >= 4 is 11.8 Å². The lowest BCUT2D eigenvalue weighted by molar-refractivity contribution is -0.385. The van der Waals surface area contributed by atoms with Gasteiger partial charge in [-0.1, -0.05) is 17.3 Å². The van der Waals surface area contributed by atoms with E-state index in [0.29, 0.717) is 11.1 Å². The number of nitro benzene ring substituents is 1. The zero-order valence-corrected chi connectivity index (χ0v) is 10.4. The fourth-order valence-corrected chi connectivity index (χ4v) is 1.54. The Morgan fingerprint density at radius 2 is 2.30 bits per heavy atom. The van der Waals surface area contributed by atoms with Crippen molar-refractivity contribution in [3.63, 3.8) is 0 Å². The van der Waals surface area contributed by atoms with Gasteiger partial charge in [0, 0.05) is 17.2 Å². The van der Waals surface area contributed by atoms with Crippen molar-refractivity contribution in [1.82, 2.24) is 15.5 Å². The highest BCUT2D eigenvalue weighted by Crippen LogP contribution is 2.24. The van der Waals surface area contributed by atoms with Gasteiger partial charge in [-0.25, -0.2) is 4.79 Å². The summed E-state index contributed by atoms with van der Waals surface area (Å²) < 4.78 is 4.84. The molecule has 0 saturated carbocycles. The van der Waals surface area contributed by atoms with E-state index in [0.717, 1.165) is 0 Å². The van der Waals surface area contributed by atoms with E-state index in [1.54, 1.807) is 19.1 Å². The van der Waals surface area contributed by atoms with Crippen LogP contribution in [0.1, 0.15) is 11.5 Å². The topological polar surface area (TPSA) is 131 Å². The van der Waals surface area contributed by atoms with Crippen molar-refractivity contribution in [2.24, 2.45) is 0 Å². The van der Waals surface area contributed by atoms with E-state index in [-0.39, 0.29) is 23.9 Å². The standard InChI is InChI=1S/C11H10N4O5/c1-6-2-3-7(4-8(6)15(18)19)10-13-9(20-14-10)5-12-11(16)17/h2-4,12H,5H2,1H3,(H,16,17).